The minimum atomic E-state index is -1.95. The van der Waals surface area contributed by atoms with Gasteiger partial charge in [0.25, 0.3) is 11.8 Å². The second-order valence-electron chi connectivity index (χ2n) is 13.1. The summed E-state index contributed by atoms with van der Waals surface area (Å²) in [7, 11) is 4.52. The van der Waals surface area contributed by atoms with Crippen LogP contribution in [0.2, 0.25) is 0 Å². The molecule has 4 aliphatic rings. The molecular weight excluding hydrogens is 667 g/mol. The number of hydrogen-bond acceptors (Lipinski definition) is 7. The summed E-state index contributed by atoms with van der Waals surface area (Å²) in [5.74, 6) is -4.02. The van der Waals surface area contributed by atoms with E-state index in [2.05, 4.69) is 0 Å². The van der Waals surface area contributed by atoms with E-state index in [0.29, 0.717) is 33.9 Å². The third-order valence-electron chi connectivity index (χ3n) is 10.6. The number of carbonyl (C=O) groups excluding carboxylic acids is 4. The topological polar surface area (TPSA) is 113 Å². The van der Waals surface area contributed by atoms with Crippen molar-refractivity contribution in [1.29, 1.82) is 0 Å². The van der Waals surface area contributed by atoms with Gasteiger partial charge in [0.1, 0.15) is 17.2 Å². The van der Waals surface area contributed by atoms with Crippen LogP contribution in [0.15, 0.2) is 72.3 Å². The molecule has 11 heteroatoms. The zero-order valence-electron chi connectivity index (χ0n) is 27.3. The highest BCUT2D eigenvalue weighted by molar-refractivity contribution is 6.53. The number of carbonyl (C=O) groups is 4. The van der Waals surface area contributed by atoms with Crippen LogP contribution in [-0.4, -0.2) is 64.7 Å². The normalized spacial score (nSPS) is 29.2. The highest BCUT2D eigenvalue weighted by Gasteiger charge is 2.76. The lowest BCUT2D eigenvalue weighted by Crippen LogP contribution is -2.60. The summed E-state index contributed by atoms with van der Waals surface area (Å²) in [4.78, 5) is 54.0. The smallest absolute Gasteiger partial charge is 0.253 e. The van der Waals surface area contributed by atoms with Crippen molar-refractivity contribution in [2.75, 3.05) is 26.2 Å². The van der Waals surface area contributed by atoms with Gasteiger partial charge in [-0.25, -0.2) is 0 Å². The van der Waals surface area contributed by atoms with Crippen molar-refractivity contribution in [2.45, 2.75) is 35.4 Å². The fourth-order valence-corrected chi connectivity index (χ4v) is 9.16. The number of fused-ring (bicyclic) bond motifs is 4. The van der Waals surface area contributed by atoms with Crippen LogP contribution < -0.4 is 14.4 Å². The maximum absolute atomic E-state index is 14.3. The monoisotopic (exact) mass is 700 g/mol. The van der Waals surface area contributed by atoms with E-state index < -0.39 is 51.1 Å². The van der Waals surface area contributed by atoms with E-state index in [1.807, 2.05) is 48.6 Å². The van der Waals surface area contributed by atoms with Crippen molar-refractivity contribution in [3.05, 3.63) is 94.6 Å². The van der Waals surface area contributed by atoms with E-state index in [4.69, 9.17) is 32.7 Å². The molecule has 0 unspecified atom stereocenters. The molecule has 3 aromatic carbocycles. The lowest BCUT2D eigenvalue weighted by atomic mass is 9.56. The Balaban J connectivity index is 1.23. The molecule has 1 N–H and O–H groups in total. The number of anilines is 1. The summed E-state index contributed by atoms with van der Waals surface area (Å²) < 4.78 is 10.8. The molecule has 0 radical (unpaired) electrons. The molecule has 0 spiro atoms. The number of benzene rings is 3. The molecule has 2 aliphatic carbocycles. The van der Waals surface area contributed by atoms with Crippen LogP contribution >= 0.6 is 23.2 Å². The van der Waals surface area contributed by atoms with Gasteiger partial charge in [0.15, 0.2) is 9.75 Å². The number of likely N-dealkylation sites (tertiary alicyclic amines) is 1. The van der Waals surface area contributed by atoms with Crippen LogP contribution in [0.3, 0.4) is 0 Å². The maximum atomic E-state index is 14.3. The molecule has 3 aromatic rings. The van der Waals surface area contributed by atoms with Gasteiger partial charge in [-0.2, -0.15) is 0 Å². The Morgan fingerprint density at radius 1 is 0.898 bits per heavy atom. The molecule has 0 bridgehead atoms. The van der Waals surface area contributed by atoms with Crippen LogP contribution in [-0.2, 0) is 19.2 Å². The molecular formula is C38H34Cl2N2O7. The Hall–Kier alpha value is -4.60. The largest absolute Gasteiger partial charge is 0.507 e. The molecule has 49 heavy (non-hydrogen) atoms. The summed E-state index contributed by atoms with van der Waals surface area (Å²) in [6.07, 6.45) is 5.74. The second-order valence-corrected chi connectivity index (χ2v) is 14.3. The molecule has 4 amide bonds. The Kier molecular flexibility index (Phi) is 7.91. The van der Waals surface area contributed by atoms with E-state index in [0.717, 1.165) is 16.0 Å². The number of allylic oxidation sites excluding steroid dienone is 2. The number of rotatable bonds is 6. The summed E-state index contributed by atoms with van der Waals surface area (Å²) in [6.45, 7) is 1.72. The molecule has 9 nitrogen and oxygen atoms in total. The van der Waals surface area contributed by atoms with Crippen LogP contribution in [0.25, 0.3) is 12.2 Å². The number of aromatic hydroxyl groups is 1. The maximum Gasteiger partial charge on any atom is 0.253 e. The second kappa shape index (κ2) is 11.8. The minimum Gasteiger partial charge on any atom is -0.507 e. The van der Waals surface area contributed by atoms with Crippen LogP contribution in [0, 0.1) is 24.7 Å². The van der Waals surface area contributed by atoms with Gasteiger partial charge < -0.3 is 14.6 Å². The molecule has 0 aromatic heterocycles. The number of hydrogen-bond donors (Lipinski definition) is 1. The van der Waals surface area contributed by atoms with E-state index in [9.17, 15) is 24.3 Å². The van der Waals surface area contributed by atoms with Gasteiger partial charge in [0, 0.05) is 24.1 Å². The summed E-state index contributed by atoms with van der Waals surface area (Å²) in [5.41, 5.74) is 3.59. The number of para-hydroxylation sites is 1. The average molecular weight is 702 g/mol. The fourth-order valence-electron chi connectivity index (χ4n) is 8.15. The van der Waals surface area contributed by atoms with Gasteiger partial charge in [-0.3, -0.25) is 29.0 Å². The first kappa shape index (κ1) is 32.9. The Bertz CT molecular complexity index is 1990. The van der Waals surface area contributed by atoms with Gasteiger partial charge in [-0.15, -0.1) is 23.2 Å². The minimum absolute atomic E-state index is 0.0700. The van der Waals surface area contributed by atoms with Crippen molar-refractivity contribution < 1.29 is 33.8 Å². The van der Waals surface area contributed by atoms with Gasteiger partial charge in [0.2, 0.25) is 11.8 Å². The van der Waals surface area contributed by atoms with Gasteiger partial charge in [-0.05, 0) is 67.1 Å². The average Bonchev–Trinajstić information content (AvgIpc) is 3.43. The zero-order valence-corrected chi connectivity index (χ0v) is 28.8. The third kappa shape index (κ3) is 4.66. The first-order valence-corrected chi connectivity index (χ1v) is 16.7. The molecule has 1 saturated carbocycles. The number of halogens is 2. The number of phenolic OH excluding ortho intramolecular Hbond substituents is 1. The highest BCUT2D eigenvalue weighted by atomic mass is 35.5. The quantitative estimate of drug-likeness (QED) is 0.144. The summed E-state index contributed by atoms with van der Waals surface area (Å²) in [6, 6.07) is 17.7. The van der Waals surface area contributed by atoms with Crippen LogP contribution in [0.1, 0.15) is 41.0 Å². The lowest BCUT2D eigenvalue weighted by Gasteiger charge is -2.50. The van der Waals surface area contributed by atoms with E-state index in [-0.39, 0.29) is 24.5 Å². The Morgan fingerprint density at radius 3 is 2.33 bits per heavy atom. The molecule has 2 saturated heterocycles. The van der Waals surface area contributed by atoms with E-state index in [1.165, 1.54) is 11.9 Å². The third-order valence-corrected chi connectivity index (χ3v) is 12.1. The number of alkyl halides is 2. The molecule has 2 heterocycles. The Labute approximate surface area is 293 Å². The van der Waals surface area contributed by atoms with Crippen LogP contribution in [0.5, 0.6) is 17.2 Å². The zero-order chi connectivity index (χ0) is 35.0. The molecule has 6 atom stereocenters. The number of aryl methyl sites for hydroxylation is 1. The van der Waals surface area contributed by atoms with Crippen molar-refractivity contribution in [3.8, 4) is 17.2 Å². The number of amides is 4. The summed E-state index contributed by atoms with van der Waals surface area (Å²) >= 11 is 14.4. The molecule has 7 rings (SSSR count). The van der Waals surface area contributed by atoms with Crippen molar-refractivity contribution in [2.24, 2.45) is 17.8 Å². The van der Waals surface area contributed by atoms with E-state index >= 15 is 0 Å². The predicted octanol–water partition coefficient (Wildman–Crippen LogP) is 6.08. The first-order valence-electron chi connectivity index (χ1n) is 15.9. The highest BCUT2D eigenvalue weighted by Crippen LogP contribution is 2.66. The van der Waals surface area contributed by atoms with Crippen molar-refractivity contribution in [3.63, 3.8) is 0 Å². The van der Waals surface area contributed by atoms with Crippen LogP contribution in [0.4, 0.5) is 5.69 Å². The van der Waals surface area contributed by atoms with Gasteiger partial charge >= 0.3 is 0 Å². The summed E-state index contributed by atoms with van der Waals surface area (Å²) in [5, 5.41) is 11.2. The molecule has 2 aliphatic heterocycles. The standard InChI is InChI=1S/C38H34Cl2N2O7/c1-20-6-5-7-27(32(20)43)31-25-15-16-26-30(28(25)19-37(39)35(46)41(2)36(47)38(31,37)40)34(45)42(33(26)44)23-12-9-21(10-13-23)8-11-22-18-24(48-3)14-17-29(22)49-4/h5-15,17-18,26,28,30-31,43H,16,19H2,1-4H3/t26-,28+,30-,31+,37+,38-/m0/s1. The van der Waals surface area contributed by atoms with Crippen molar-refractivity contribution in [1.82, 2.24) is 4.90 Å². The number of nitrogens with zero attached hydrogens (tertiary/aromatic N) is 2. The van der Waals surface area contributed by atoms with E-state index in [1.54, 1.807) is 51.5 Å². The lowest BCUT2D eigenvalue weighted by molar-refractivity contribution is -0.138. The Morgan fingerprint density at radius 2 is 1.63 bits per heavy atom. The SMILES string of the molecule is COc1ccc(OC)c(C=Cc2ccc(N3C(=O)[C@H]4[C@H](CC=C5[C@H]4C[C@@]4(Cl)C(=O)N(C)C(=O)[C@@]4(Cl)[C@H]5c4cccc(C)c4O)C3=O)cc2)c1. The first-order chi connectivity index (χ1) is 23.4. The number of ether oxygens (including phenoxy) is 2. The van der Waals surface area contributed by atoms with Crippen molar-refractivity contribution >= 4 is 64.7 Å². The van der Waals surface area contributed by atoms with Gasteiger partial charge in [0.05, 0.1) is 31.7 Å². The number of methoxy groups -OCH3 is 2. The molecule has 252 valence electrons. The predicted molar refractivity (Wildman–Crippen MR) is 186 cm³/mol. The number of imide groups is 2. The molecule has 3 fully saturated rings. The fraction of sp³-hybridized carbons (Fsp3) is 0.316. The number of phenols is 1. The van der Waals surface area contributed by atoms with Gasteiger partial charge in [-0.1, -0.05) is 54.1 Å².